The number of anilines is 1. The molecule has 1 aromatic heterocycles. The Morgan fingerprint density at radius 3 is 2.42 bits per heavy atom. The van der Waals surface area contributed by atoms with Gasteiger partial charge in [-0.25, -0.2) is 4.39 Å². The van der Waals surface area contributed by atoms with Crippen LogP contribution in [0.1, 0.15) is 10.8 Å². The minimum Gasteiger partial charge on any atom is -0.497 e. The van der Waals surface area contributed by atoms with Crippen molar-refractivity contribution < 1.29 is 13.9 Å². The molecule has 1 heterocycles. The van der Waals surface area contributed by atoms with Crippen LogP contribution in [0.4, 0.5) is 10.1 Å². The molecule has 0 bridgehead atoms. The predicted octanol–water partition coefficient (Wildman–Crippen LogP) is 4.28. The fraction of sp³-hybridized carbons (Fsp3) is 0.0909. The zero-order chi connectivity index (χ0) is 21.6. The topological polar surface area (TPSA) is 81.9 Å². The fourth-order valence-electron chi connectivity index (χ4n) is 2.89. The van der Waals surface area contributed by atoms with Crippen molar-refractivity contribution in [1.82, 2.24) is 20.2 Å². The number of amides is 1. The van der Waals surface area contributed by atoms with E-state index < -0.39 is 5.25 Å². The van der Waals surface area contributed by atoms with Crippen molar-refractivity contribution in [1.29, 1.82) is 0 Å². The Balaban J connectivity index is 1.62. The molecule has 0 aliphatic carbocycles. The van der Waals surface area contributed by atoms with Crippen molar-refractivity contribution in [3.8, 4) is 11.4 Å². The lowest BCUT2D eigenvalue weighted by Gasteiger charge is -2.16. The summed E-state index contributed by atoms with van der Waals surface area (Å²) in [6.07, 6.45) is 0. The van der Waals surface area contributed by atoms with Crippen molar-refractivity contribution in [2.75, 3.05) is 12.4 Å². The molecule has 0 radical (unpaired) electrons. The number of benzene rings is 3. The molecule has 1 atom stereocenters. The summed E-state index contributed by atoms with van der Waals surface area (Å²) < 4.78 is 20.0. The molecule has 3 aromatic carbocycles. The Bertz CT molecular complexity index is 1150. The number of ether oxygens (including phenoxy) is 1. The van der Waals surface area contributed by atoms with Crippen molar-refractivity contribution in [2.24, 2.45) is 0 Å². The monoisotopic (exact) mass is 435 g/mol. The van der Waals surface area contributed by atoms with Crippen LogP contribution in [0, 0.1) is 5.82 Å². The molecule has 1 N–H and O–H groups in total. The Labute approximate surface area is 182 Å². The van der Waals surface area contributed by atoms with Crippen LogP contribution < -0.4 is 10.1 Å². The van der Waals surface area contributed by atoms with Crippen LogP contribution >= 0.6 is 11.8 Å². The van der Waals surface area contributed by atoms with Gasteiger partial charge in [0.2, 0.25) is 11.1 Å². The zero-order valence-corrected chi connectivity index (χ0v) is 17.3. The highest BCUT2D eigenvalue weighted by molar-refractivity contribution is 8.00. The first-order valence-corrected chi connectivity index (χ1v) is 10.2. The van der Waals surface area contributed by atoms with Gasteiger partial charge in [-0.15, -0.1) is 5.10 Å². The average Bonchev–Trinajstić information content (AvgIpc) is 3.28. The van der Waals surface area contributed by atoms with Crippen molar-refractivity contribution in [3.05, 3.63) is 90.2 Å². The van der Waals surface area contributed by atoms with Crippen molar-refractivity contribution in [2.45, 2.75) is 10.4 Å². The lowest BCUT2D eigenvalue weighted by molar-refractivity contribution is -0.115. The van der Waals surface area contributed by atoms with Crippen LogP contribution in [0.3, 0.4) is 0 Å². The van der Waals surface area contributed by atoms with E-state index >= 15 is 0 Å². The second kappa shape index (κ2) is 9.40. The summed E-state index contributed by atoms with van der Waals surface area (Å²) in [5.41, 5.74) is 2.03. The average molecular weight is 435 g/mol. The number of halogens is 1. The summed E-state index contributed by atoms with van der Waals surface area (Å²) in [5.74, 6) is 0.0737. The number of thioether (sulfide) groups is 1. The highest BCUT2D eigenvalue weighted by Crippen LogP contribution is 2.35. The molecule has 0 spiro atoms. The van der Waals surface area contributed by atoms with E-state index in [-0.39, 0.29) is 11.7 Å². The SMILES string of the molecule is COc1ccc(-n2nnnc2S[C@@H](C(=O)Nc2ccc(F)cc2)c2ccccc2)cc1. The van der Waals surface area contributed by atoms with Gasteiger partial charge < -0.3 is 10.1 Å². The second-order valence-corrected chi connectivity index (χ2v) is 7.55. The Morgan fingerprint density at radius 2 is 1.74 bits per heavy atom. The van der Waals surface area contributed by atoms with E-state index in [2.05, 4.69) is 20.8 Å². The third-order valence-electron chi connectivity index (χ3n) is 4.43. The molecule has 0 aliphatic rings. The molecule has 156 valence electrons. The van der Waals surface area contributed by atoms with E-state index in [0.29, 0.717) is 16.6 Å². The summed E-state index contributed by atoms with van der Waals surface area (Å²) >= 11 is 1.22. The summed E-state index contributed by atoms with van der Waals surface area (Å²) in [5, 5.41) is 14.6. The molecule has 7 nitrogen and oxygen atoms in total. The minimum atomic E-state index is -0.630. The number of hydrogen-bond acceptors (Lipinski definition) is 6. The number of aromatic nitrogens is 4. The molecule has 4 rings (SSSR count). The third-order valence-corrected chi connectivity index (χ3v) is 5.62. The zero-order valence-electron chi connectivity index (χ0n) is 16.5. The number of hydrogen-bond donors (Lipinski definition) is 1. The summed E-state index contributed by atoms with van der Waals surface area (Å²) in [6, 6.07) is 22.2. The van der Waals surface area contributed by atoms with Crippen molar-refractivity contribution >= 4 is 23.4 Å². The van der Waals surface area contributed by atoms with Gasteiger partial charge >= 0.3 is 0 Å². The second-order valence-electron chi connectivity index (χ2n) is 6.48. The Morgan fingerprint density at radius 1 is 1.03 bits per heavy atom. The quantitative estimate of drug-likeness (QED) is 0.436. The molecule has 1 amide bonds. The maximum atomic E-state index is 13.2. The number of nitrogens with one attached hydrogen (secondary N) is 1. The van der Waals surface area contributed by atoms with E-state index in [1.165, 1.54) is 36.0 Å². The molecule has 9 heteroatoms. The highest BCUT2D eigenvalue weighted by atomic mass is 32.2. The molecule has 0 fully saturated rings. The number of rotatable bonds is 7. The lowest BCUT2D eigenvalue weighted by Crippen LogP contribution is -2.19. The number of carbonyl (C=O) groups excluding carboxylic acids is 1. The van der Waals surface area contributed by atoms with E-state index in [9.17, 15) is 9.18 Å². The molecule has 0 aliphatic heterocycles. The molecule has 31 heavy (non-hydrogen) atoms. The van der Waals surface area contributed by atoms with E-state index in [0.717, 1.165) is 11.3 Å². The first-order chi connectivity index (χ1) is 15.1. The fourth-order valence-corrected chi connectivity index (χ4v) is 3.88. The van der Waals surface area contributed by atoms with Crippen LogP contribution in [0.15, 0.2) is 84.0 Å². The molecule has 4 aromatic rings. The van der Waals surface area contributed by atoms with E-state index in [1.807, 2.05) is 42.5 Å². The van der Waals surface area contributed by atoms with Gasteiger partial charge in [0, 0.05) is 5.69 Å². The highest BCUT2D eigenvalue weighted by Gasteiger charge is 2.25. The summed E-state index contributed by atoms with van der Waals surface area (Å²) in [4.78, 5) is 13.1. The van der Waals surface area contributed by atoms with Gasteiger partial charge in [0.05, 0.1) is 12.8 Å². The summed E-state index contributed by atoms with van der Waals surface area (Å²) in [6.45, 7) is 0. The van der Waals surface area contributed by atoms with Crippen LogP contribution in [-0.4, -0.2) is 33.2 Å². The molecular formula is C22H18FN5O2S. The minimum absolute atomic E-state index is 0.271. The van der Waals surface area contributed by atoms with Gasteiger partial charge in [0.1, 0.15) is 16.8 Å². The van der Waals surface area contributed by atoms with Gasteiger partial charge in [0.25, 0.3) is 0 Å². The van der Waals surface area contributed by atoms with Crippen LogP contribution in [0.5, 0.6) is 5.75 Å². The lowest BCUT2D eigenvalue weighted by atomic mass is 10.1. The standard InChI is InChI=1S/C22H18FN5O2S/c1-30-19-13-11-18(12-14-19)28-22(25-26-27-28)31-20(15-5-3-2-4-6-15)21(29)24-17-9-7-16(23)8-10-17/h2-14,20H,1H3,(H,24,29)/t20-/m1/s1. The van der Waals surface area contributed by atoms with Crippen LogP contribution in [-0.2, 0) is 4.79 Å². The molecule has 0 unspecified atom stereocenters. The number of carbonyl (C=O) groups is 1. The van der Waals surface area contributed by atoms with E-state index in [1.54, 1.807) is 23.9 Å². The molecule has 0 saturated heterocycles. The molecular weight excluding hydrogens is 417 g/mol. The van der Waals surface area contributed by atoms with Crippen LogP contribution in [0.2, 0.25) is 0 Å². The smallest absolute Gasteiger partial charge is 0.242 e. The first kappa shape index (κ1) is 20.5. The predicted molar refractivity (Wildman–Crippen MR) is 116 cm³/mol. The number of tetrazole rings is 1. The van der Waals surface area contributed by atoms with Crippen LogP contribution in [0.25, 0.3) is 5.69 Å². The van der Waals surface area contributed by atoms with Gasteiger partial charge in [-0.1, -0.05) is 42.1 Å². The Hall–Kier alpha value is -3.72. The largest absolute Gasteiger partial charge is 0.497 e. The Kier molecular flexibility index (Phi) is 6.23. The van der Waals surface area contributed by atoms with E-state index in [4.69, 9.17) is 4.74 Å². The molecule has 0 saturated carbocycles. The van der Waals surface area contributed by atoms with Gasteiger partial charge in [0.15, 0.2) is 0 Å². The van der Waals surface area contributed by atoms with Gasteiger partial charge in [-0.2, -0.15) is 4.68 Å². The maximum absolute atomic E-state index is 13.2. The summed E-state index contributed by atoms with van der Waals surface area (Å²) in [7, 11) is 1.59. The number of methoxy groups -OCH3 is 1. The first-order valence-electron chi connectivity index (χ1n) is 9.35. The third kappa shape index (κ3) is 4.89. The van der Waals surface area contributed by atoms with Gasteiger partial charge in [-0.3, -0.25) is 4.79 Å². The van der Waals surface area contributed by atoms with Crippen molar-refractivity contribution in [3.63, 3.8) is 0 Å². The number of nitrogens with zero attached hydrogens (tertiary/aromatic N) is 4. The maximum Gasteiger partial charge on any atom is 0.242 e. The normalized spacial score (nSPS) is 11.7. The van der Waals surface area contributed by atoms with Gasteiger partial charge in [-0.05, 0) is 64.5 Å².